The van der Waals surface area contributed by atoms with Crippen LogP contribution in [0.1, 0.15) is 42.1 Å². The molecule has 8 heteroatoms. The number of carbonyl (C=O) groups is 2. The Balaban J connectivity index is 1.82. The molecule has 2 aromatic carbocycles. The SMILES string of the molecule is COc1cc(C2/C(=C(/O)c3ccc(OCC(C)C)c(C)c3)C(=O)C(=O)N2Cc2cccnc2)ccc1O. The summed E-state index contributed by atoms with van der Waals surface area (Å²) >= 11 is 0. The number of carbonyl (C=O) groups excluding carboxylic acids is 2. The van der Waals surface area contributed by atoms with E-state index in [0.29, 0.717) is 29.4 Å². The molecule has 0 aliphatic carbocycles. The summed E-state index contributed by atoms with van der Waals surface area (Å²) in [5.74, 6) is -0.683. The maximum absolute atomic E-state index is 13.3. The van der Waals surface area contributed by atoms with Crippen LogP contribution in [0.15, 0.2) is 66.5 Å². The van der Waals surface area contributed by atoms with Gasteiger partial charge in [-0.2, -0.15) is 0 Å². The van der Waals surface area contributed by atoms with Gasteiger partial charge in [0.25, 0.3) is 11.7 Å². The van der Waals surface area contributed by atoms with Gasteiger partial charge in [0.2, 0.25) is 0 Å². The van der Waals surface area contributed by atoms with Crippen molar-refractivity contribution < 1.29 is 29.3 Å². The number of aliphatic hydroxyl groups is 1. The largest absolute Gasteiger partial charge is 0.507 e. The first-order valence-electron chi connectivity index (χ1n) is 12.0. The Bertz CT molecular complexity index is 1350. The second-order valence-electron chi connectivity index (χ2n) is 9.40. The van der Waals surface area contributed by atoms with Crippen LogP contribution in [0.5, 0.6) is 17.2 Å². The molecule has 1 atom stereocenters. The summed E-state index contributed by atoms with van der Waals surface area (Å²) in [6.45, 7) is 6.62. The number of phenols is 1. The quantitative estimate of drug-likeness (QED) is 0.260. The Hall–Kier alpha value is -4.33. The van der Waals surface area contributed by atoms with Crippen LogP contribution in [-0.4, -0.2) is 45.5 Å². The van der Waals surface area contributed by atoms with Crippen LogP contribution in [0.4, 0.5) is 0 Å². The Labute approximate surface area is 215 Å². The van der Waals surface area contributed by atoms with Crippen molar-refractivity contribution >= 4 is 17.4 Å². The molecule has 192 valence electrons. The van der Waals surface area contributed by atoms with E-state index in [9.17, 15) is 19.8 Å². The zero-order valence-corrected chi connectivity index (χ0v) is 21.3. The van der Waals surface area contributed by atoms with Crippen molar-refractivity contribution in [1.29, 1.82) is 0 Å². The summed E-state index contributed by atoms with van der Waals surface area (Å²) in [7, 11) is 1.41. The number of hydrogen-bond acceptors (Lipinski definition) is 7. The molecular weight excluding hydrogens is 472 g/mol. The van der Waals surface area contributed by atoms with Gasteiger partial charge in [0.15, 0.2) is 11.5 Å². The molecule has 1 saturated heterocycles. The zero-order chi connectivity index (χ0) is 26.7. The van der Waals surface area contributed by atoms with Crippen LogP contribution < -0.4 is 9.47 Å². The van der Waals surface area contributed by atoms with Gasteiger partial charge < -0.3 is 24.6 Å². The topological polar surface area (TPSA) is 109 Å². The highest BCUT2D eigenvalue weighted by Crippen LogP contribution is 2.42. The number of Topliss-reactive ketones (excluding diaryl/α,β-unsaturated/α-hetero) is 1. The Morgan fingerprint density at radius 3 is 2.54 bits per heavy atom. The van der Waals surface area contributed by atoms with E-state index in [-0.39, 0.29) is 29.4 Å². The van der Waals surface area contributed by atoms with Crippen molar-refractivity contribution in [3.05, 3.63) is 88.8 Å². The van der Waals surface area contributed by atoms with Gasteiger partial charge >= 0.3 is 0 Å². The number of likely N-dealkylation sites (tertiary alicyclic amines) is 1. The van der Waals surface area contributed by atoms with E-state index < -0.39 is 17.7 Å². The van der Waals surface area contributed by atoms with E-state index >= 15 is 0 Å². The number of ketones is 1. The van der Waals surface area contributed by atoms with Crippen LogP contribution in [-0.2, 0) is 16.1 Å². The van der Waals surface area contributed by atoms with E-state index in [1.807, 2.05) is 6.92 Å². The molecule has 4 rings (SSSR count). The molecule has 37 heavy (non-hydrogen) atoms. The number of aliphatic hydroxyl groups excluding tert-OH is 1. The average molecular weight is 503 g/mol. The van der Waals surface area contributed by atoms with Gasteiger partial charge in [0.05, 0.1) is 25.3 Å². The first-order chi connectivity index (χ1) is 17.7. The molecular formula is C29H30N2O6. The van der Waals surface area contributed by atoms with Gasteiger partial charge in [-0.25, -0.2) is 0 Å². The molecule has 2 N–H and O–H groups in total. The lowest BCUT2D eigenvalue weighted by molar-refractivity contribution is -0.140. The fraction of sp³-hybridized carbons (Fsp3) is 0.276. The number of benzene rings is 2. The molecule has 1 fully saturated rings. The maximum Gasteiger partial charge on any atom is 0.295 e. The number of methoxy groups -OCH3 is 1. The number of amides is 1. The van der Waals surface area contributed by atoms with Gasteiger partial charge in [-0.15, -0.1) is 0 Å². The van der Waals surface area contributed by atoms with Crippen molar-refractivity contribution in [1.82, 2.24) is 9.88 Å². The Morgan fingerprint density at radius 2 is 1.89 bits per heavy atom. The average Bonchev–Trinajstić information content (AvgIpc) is 3.13. The van der Waals surface area contributed by atoms with Gasteiger partial charge in [-0.1, -0.05) is 26.0 Å². The first-order valence-corrected chi connectivity index (χ1v) is 12.0. The smallest absolute Gasteiger partial charge is 0.295 e. The van der Waals surface area contributed by atoms with Gasteiger partial charge in [-0.3, -0.25) is 14.6 Å². The Morgan fingerprint density at radius 1 is 1.11 bits per heavy atom. The number of hydrogen-bond donors (Lipinski definition) is 2. The van der Waals surface area contributed by atoms with Crippen molar-refractivity contribution in [3.63, 3.8) is 0 Å². The van der Waals surface area contributed by atoms with E-state index in [1.165, 1.54) is 18.1 Å². The summed E-state index contributed by atoms with van der Waals surface area (Å²) in [4.78, 5) is 32.1. The maximum atomic E-state index is 13.3. The molecule has 0 saturated carbocycles. The van der Waals surface area contributed by atoms with E-state index in [2.05, 4.69) is 18.8 Å². The third-order valence-electron chi connectivity index (χ3n) is 6.16. The molecule has 8 nitrogen and oxygen atoms in total. The number of ether oxygens (including phenoxy) is 2. The lowest BCUT2D eigenvalue weighted by Crippen LogP contribution is -2.29. The molecule has 3 aromatic rings. The molecule has 1 aromatic heterocycles. The Kier molecular flexibility index (Phi) is 7.47. The van der Waals surface area contributed by atoms with Crippen molar-refractivity contribution in [2.45, 2.75) is 33.4 Å². The summed E-state index contributed by atoms with van der Waals surface area (Å²) in [6, 6.07) is 12.4. The van der Waals surface area contributed by atoms with Crippen molar-refractivity contribution in [3.8, 4) is 17.2 Å². The minimum atomic E-state index is -0.910. The summed E-state index contributed by atoms with van der Waals surface area (Å²) < 4.78 is 11.1. The van der Waals surface area contributed by atoms with Crippen LogP contribution in [0, 0.1) is 12.8 Å². The molecule has 0 bridgehead atoms. The third kappa shape index (κ3) is 5.28. The standard InChI is InChI=1S/C29H30N2O6/c1-17(2)16-37-23-10-8-21(12-18(23)3)27(33)25-26(20-7-9-22(32)24(13-20)36-4)31(29(35)28(25)34)15-19-6-5-11-30-14-19/h5-14,17,26,32-33H,15-16H2,1-4H3/b27-25-. The molecule has 0 radical (unpaired) electrons. The van der Waals surface area contributed by atoms with Crippen LogP contribution in [0.3, 0.4) is 0 Å². The number of aromatic nitrogens is 1. The third-order valence-corrected chi connectivity index (χ3v) is 6.16. The number of nitrogens with zero attached hydrogens (tertiary/aromatic N) is 2. The summed E-state index contributed by atoms with van der Waals surface area (Å²) in [5, 5.41) is 21.5. The molecule has 1 unspecified atom stereocenters. The fourth-order valence-corrected chi connectivity index (χ4v) is 4.31. The fourth-order valence-electron chi connectivity index (χ4n) is 4.31. The number of pyridine rings is 1. The van der Waals surface area contributed by atoms with Crippen molar-refractivity contribution in [2.24, 2.45) is 5.92 Å². The van der Waals surface area contributed by atoms with E-state index in [4.69, 9.17) is 9.47 Å². The molecule has 1 aliphatic rings. The van der Waals surface area contributed by atoms with Crippen LogP contribution in [0.2, 0.25) is 0 Å². The highest BCUT2D eigenvalue weighted by Gasteiger charge is 2.46. The molecule has 1 amide bonds. The minimum Gasteiger partial charge on any atom is -0.507 e. The summed E-state index contributed by atoms with van der Waals surface area (Å²) in [5.41, 5.74) is 2.37. The van der Waals surface area contributed by atoms with Gasteiger partial charge in [-0.05, 0) is 65.9 Å². The van der Waals surface area contributed by atoms with Crippen LogP contribution in [0.25, 0.3) is 5.76 Å². The summed E-state index contributed by atoms with van der Waals surface area (Å²) in [6.07, 6.45) is 3.24. The second kappa shape index (κ2) is 10.7. The van der Waals surface area contributed by atoms with E-state index in [1.54, 1.807) is 54.9 Å². The highest BCUT2D eigenvalue weighted by atomic mass is 16.5. The zero-order valence-electron chi connectivity index (χ0n) is 21.3. The normalized spacial score (nSPS) is 16.9. The number of aryl methyl sites for hydroxylation is 1. The number of phenolic OH excluding ortho intramolecular Hbond substituents is 1. The molecule has 2 heterocycles. The predicted octanol–water partition coefficient (Wildman–Crippen LogP) is 4.76. The molecule has 0 spiro atoms. The number of aromatic hydroxyl groups is 1. The van der Waals surface area contributed by atoms with Crippen LogP contribution >= 0.6 is 0 Å². The monoisotopic (exact) mass is 502 g/mol. The lowest BCUT2D eigenvalue weighted by atomic mass is 9.94. The molecule has 1 aliphatic heterocycles. The predicted molar refractivity (Wildman–Crippen MR) is 138 cm³/mol. The number of rotatable bonds is 8. The van der Waals surface area contributed by atoms with E-state index in [0.717, 1.165) is 11.1 Å². The highest BCUT2D eigenvalue weighted by molar-refractivity contribution is 6.46. The van der Waals surface area contributed by atoms with Gasteiger partial charge in [0.1, 0.15) is 11.5 Å². The van der Waals surface area contributed by atoms with Crippen molar-refractivity contribution in [2.75, 3.05) is 13.7 Å². The minimum absolute atomic E-state index is 0.0446. The van der Waals surface area contributed by atoms with Gasteiger partial charge in [0, 0.05) is 24.5 Å². The lowest BCUT2D eigenvalue weighted by Gasteiger charge is -2.26. The second-order valence-corrected chi connectivity index (χ2v) is 9.40. The first kappa shape index (κ1) is 25.8.